The monoisotopic (exact) mass is 480 g/mol. The van der Waals surface area contributed by atoms with Crippen LogP contribution in [0, 0.1) is 23.7 Å². The number of Topliss-reactive ketones (excluding diaryl/α,β-unsaturated/α-hetero) is 4. The van der Waals surface area contributed by atoms with Crippen molar-refractivity contribution in [3.05, 3.63) is 41.0 Å². The third-order valence-electron chi connectivity index (χ3n) is 8.39. The largest absolute Gasteiger partial charge is 0.507 e. The zero-order valence-corrected chi connectivity index (χ0v) is 19.6. The number of phenols is 1. The van der Waals surface area contributed by atoms with Gasteiger partial charge in [0.25, 0.3) is 0 Å². The summed E-state index contributed by atoms with van der Waals surface area (Å²) in [5, 5.41) is 22.2. The van der Waals surface area contributed by atoms with Crippen LogP contribution in [-0.2, 0) is 25.6 Å². The lowest BCUT2D eigenvalue weighted by Gasteiger charge is -2.52. The number of rotatable bonds is 3. The number of nitrogens with zero attached hydrogens (tertiary/aromatic N) is 1. The van der Waals surface area contributed by atoms with Gasteiger partial charge in [-0.05, 0) is 62.9 Å². The molecule has 9 nitrogen and oxygen atoms in total. The van der Waals surface area contributed by atoms with Crippen LogP contribution in [0.25, 0.3) is 0 Å². The number of fused-ring (bicyclic) bond motifs is 3. The highest BCUT2D eigenvalue weighted by Crippen LogP contribution is 2.51. The van der Waals surface area contributed by atoms with E-state index in [0.717, 1.165) is 18.4 Å². The van der Waals surface area contributed by atoms with E-state index >= 15 is 0 Å². The third-order valence-corrected chi connectivity index (χ3v) is 8.39. The fourth-order valence-corrected chi connectivity index (χ4v) is 6.87. The summed E-state index contributed by atoms with van der Waals surface area (Å²) in [6.45, 7) is 0. The maximum absolute atomic E-state index is 13.8. The summed E-state index contributed by atoms with van der Waals surface area (Å²) < 4.78 is 0. The topological polar surface area (TPSA) is 155 Å². The Bertz CT molecular complexity index is 1220. The van der Waals surface area contributed by atoms with Gasteiger partial charge in [-0.25, -0.2) is 0 Å². The molecule has 4 N–H and O–H groups in total. The van der Waals surface area contributed by atoms with Crippen molar-refractivity contribution >= 4 is 29.0 Å². The first-order valence-corrected chi connectivity index (χ1v) is 11.9. The Morgan fingerprint density at radius 3 is 2.46 bits per heavy atom. The number of ketones is 4. The van der Waals surface area contributed by atoms with E-state index in [-0.39, 0.29) is 23.7 Å². The molecule has 5 rings (SSSR count). The molecular weight excluding hydrogens is 452 g/mol. The minimum atomic E-state index is -2.70. The first kappa shape index (κ1) is 23.6. The molecule has 0 heterocycles. The summed E-state index contributed by atoms with van der Waals surface area (Å²) in [6.07, 6.45) is 6.26. The van der Waals surface area contributed by atoms with Crippen LogP contribution in [0.5, 0.6) is 5.75 Å². The molecule has 1 amide bonds. The quantitative estimate of drug-likeness (QED) is 0.412. The van der Waals surface area contributed by atoms with E-state index < -0.39 is 64.4 Å². The van der Waals surface area contributed by atoms with Gasteiger partial charge in [0.1, 0.15) is 5.75 Å². The molecule has 7 unspecified atom stereocenters. The average Bonchev–Trinajstić information content (AvgIpc) is 3.30. The summed E-state index contributed by atoms with van der Waals surface area (Å²) in [7, 11) is 3.13. The number of nitrogens with two attached hydrogens (primary N) is 1. The lowest BCUT2D eigenvalue weighted by molar-refractivity contribution is -0.181. The number of carbonyl (C=O) groups is 5. The highest BCUT2D eigenvalue weighted by Gasteiger charge is 2.69. The Morgan fingerprint density at radius 2 is 1.86 bits per heavy atom. The van der Waals surface area contributed by atoms with Crippen molar-refractivity contribution in [3.63, 3.8) is 0 Å². The highest BCUT2D eigenvalue weighted by atomic mass is 16.3. The summed E-state index contributed by atoms with van der Waals surface area (Å²) in [6, 6.07) is 2.15. The molecule has 7 atom stereocenters. The Labute approximate surface area is 202 Å². The van der Waals surface area contributed by atoms with E-state index in [1.54, 1.807) is 20.2 Å². The number of phenolic OH excluding ortho intramolecular Hbond substituents is 1. The van der Waals surface area contributed by atoms with Gasteiger partial charge < -0.3 is 15.9 Å². The Balaban J connectivity index is 1.64. The van der Waals surface area contributed by atoms with Gasteiger partial charge in [0, 0.05) is 11.8 Å². The van der Waals surface area contributed by atoms with Crippen LogP contribution < -0.4 is 5.73 Å². The zero-order chi connectivity index (χ0) is 25.4. The summed E-state index contributed by atoms with van der Waals surface area (Å²) in [4.78, 5) is 67.3. The average molecular weight is 481 g/mol. The fourth-order valence-electron chi connectivity index (χ4n) is 6.87. The number of hydrogen-bond acceptors (Lipinski definition) is 8. The number of hydrogen-bond donors (Lipinski definition) is 3. The summed E-state index contributed by atoms with van der Waals surface area (Å²) in [5.41, 5.74) is 4.28. The zero-order valence-electron chi connectivity index (χ0n) is 19.6. The van der Waals surface area contributed by atoms with Crippen LogP contribution in [0.3, 0.4) is 0 Å². The normalized spacial score (nSPS) is 36.2. The van der Waals surface area contributed by atoms with E-state index in [9.17, 15) is 34.2 Å². The van der Waals surface area contributed by atoms with Crippen molar-refractivity contribution in [2.75, 3.05) is 14.1 Å². The van der Waals surface area contributed by atoms with Crippen molar-refractivity contribution in [1.82, 2.24) is 4.90 Å². The van der Waals surface area contributed by atoms with Crippen molar-refractivity contribution in [3.8, 4) is 5.75 Å². The Kier molecular flexibility index (Phi) is 5.34. The maximum atomic E-state index is 13.8. The molecule has 9 heteroatoms. The van der Waals surface area contributed by atoms with E-state index in [1.807, 2.05) is 0 Å². The standard InChI is InChI=1S/C26H28N2O7/c1-28(2)20-15-10-12-9-14-13(11-5-3-4-6-11)7-8-16(29)18(14)21(30)17(12)23(32)26(15,35)24(33)19(22(20)31)25(27)34/h3,5,7-8,11-12,15,17,19-20,29,35H,4,6,9-10H2,1-2H3,(H2,27,34). The van der Waals surface area contributed by atoms with Crippen LogP contribution in [0.4, 0.5) is 0 Å². The number of allylic oxidation sites excluding steroid dienone is 2. The van der Waals surface area contributed by atoms with E-state index in [1.165, 1.54) is 11.0 Å². The van der Waals surface area contributed by atoms with Gasteiger partial charge in [0.15, 0.2) is 34.7 Å². The van der Waals surface area contributed by atoms with Gasteiger partial charge in [-0.1, -0.05) is 18.2 Å². The first-order valence-electron chi connectivity index (χ1n) is 11.9. The van der Waals surface area contributed by atoms with Crippen molar-refractivity contribution in [2.45, 2.75) is 43.2 Å². The second kappa shape index (κ2) is 7.93. The molecule has 1 aromatic rings. The molecule has 0 spiro atoms. The molecule has 4 aliphatic rings. The smallest absolute Gasteiger partial charge is 0.235 e. The third kappa shape index (κ3) is 3.11. The van der Waals surface area contributed by atoms with E-state index in [4.69, 9.17) is 5.73 Å². The van der Waals surface area contributed by atoms with E-state index in [0.29, 0.717) is 12.0 Å². The molecule has 4 aliphatic carbocycles. The van der Waals surface area contributed by atoms with Crippen LogP contribution in [0.15, 0.2) is 24.3 Å². The lowest BCUT2D eigenvalue weighted by Crippen LogP contribution is -2.74. The van der Waals surface area contributed by atoms with Gasteiger partial charge in [-0.3, -0.25) is 28.9 Å². The van der Waals surface area contributed by atoms with Gasteiger partial charge in [-0.2, -0.15) is 0 Å². The summed E-state index contributed by atoms with van der Waals surface area (Å²) in [5.74, 6) is -10.1. The molecule has 0 saturated heterocycles. The lowest BCUT2D eigenvalue weighted by atomic mass is 9.52. The Morgan fingerprint density at radius 1 is 1.14 bits per heavy atom. The predicted molar refractivity (Wildman–Crippen MR) is 122 cm³/mol. The Hall–Kier alpha value is -3.17. The van der Waals surface area contributed by atoms with Gasteiger partial charge >= 0.3 is 0 Å². The first-order chi connectivity index (χ1) is 16.5. The molecule has 2 fully saturated rings. The van der Waals surface area contributed by atoms with Crippen LogP contribution in [-0.4, -0.2) is 69.9 Å². The van der Waals surface area contributed by atoms with Crippen LogP contribution >= 0.6 is 0 Å². The number of aliphatic hydroxyl groups is 1. The maximum Gasteiger partial charge on any atom is 0.235 e. The molecule has 0 aliphatic heterocycles. The number of carbonyl (C=O) groups excluding carboxylic acids is 5. The number of primary amides is 1. The summed E-state index contributed by atoms with van der Waals surface area (Å²) >= 11 is 0. The minimum absolute atomic E-state index is 0.0504. The molecule has 0 aromatic heterocycles. The molecule has 35 heavy (non-hydrogen) atoms. The highest BCUT2D eigenvalue weighted by molar-refractivity contribution is 6.32. The SMILES string of the molecule is CN(C)C1C(=O)C(C(N)=O)C(=O)C2(O)C(=O)C3C(=O)c4c(O)ccc(C5C=CCC5)c4CC3CC12. The van der Waals surface area contributed by atoms with Gasteiger partial charge in [0.2, 0.25) is 5.91 Å². The second-order valence-electron chi connectivity index (χ2n) is 10.4. The number of benzene rings is 1. The van der Waals surface area contributed by atoms with Crippen LogP contribution in [0.2, 0.25) is 0 Å². The molecule has 1 aromatic carbocycles. The number of likely N-dealkylation sites (N-methyl/N-ethyl adjacent to an activating group) is 1. The van der Waals surface area contributed by atoms with E-state index in [2.05, 4.69) is 12.2 Å². The molecule has 0 bridgehead atoms. The molecular formula is C26H28N2O7. The fraction of sp³-hybridized carbons (Fsp3) is 0.500. The van der Waals surface area contributed by atoms with Crippen molar-refractivity contribution in [1.29, 1.82) is 0 Å². The molecule has 0 radical (unpaired) electrons. The second-order valence-corrected chi connectivity index (χ2v) is 10.4. The number of amides is 1. The van der Waals surface area contributed by atoms with Gasteiger partial charge in [0.05, 0.1) is 17.5 Å². The van der Waals surface area contributed by atoms with Gasteiger partial charge in [-0.15, -0.1) is 0 Å². The molecule has 2 saturated carbocycles. The number of aromatic hydroxyl groups is 1. The van der Waals surface area contributed by atoms with Crippen LogP contribution in [0.1, 0.15) is 46.7 Å². The minimum Gasteiger partial charge on any atom is -0.507 e. The van der Waals surface area contributed by atoms with Crippen molar-refractivity contribution < 1.29 is 34.2 Å². The predicted octanol–water partition coefficient (Wildman–Crippen LogP) is 0.301. The van der Waals surface area contributed by atoms with Crippen molar-refractivity contribution in [2.24, 2.45) is 29.4 Å². The molecule has 184 valence electrons.